The molecule has 136 valence electrons. The number of hydrogen-bond acceptors (Lipinski definition) is 3. The van der Waals surface area contributed by atoms with Crippen LogP contribution in [-0.2, 0) is 0 Å². The van der Waals surface area contributed by atoms with Crippen molar-refractivity contribution in [3.05, 3.63) is 83.1 Å². The standard InChI is InChI=1S/C24H17ClN2O/c1-14-6-3-4-7-16(14)20-12-22(26-13-21(20)25)19-9-5-8-17-18-11-10-15(2)27-24(18)28-23(17)19/h3-13H,1-2H3/i1D3,2D3. The number of furan rings is 1. The van der Waals surface area contributed by atoms with E-state index in [0.717, 1.165) is 5.39 Å². The van der Waals surface area contributed by atoms with Gasteiger partial charge in [0, 0.05) is 42.0 Å². The van der Waals surface area contributed by atoms with Crippen LogP contribution in [0.5, 0.6) is 0 Å². The molecule has 0 aliphatic carbocycles. The Kier molecular flexibility index (Phi) is 2.68. The first-order valence-corrected chi connectivity index (χ1v) is 9.00. The molecule has 0 amide bonds. The summed E-state index contributed by atoms with van der Waals surface area (Å²) in [6.07, 6.45) is 1.48. The van der Waals surface area contributed by atoms with Gasteiger partial charge in [0.25, 0.3) is 0 Å². The molecule has 2 aromatic carbocycles. The van der Waals surface area contributed by atoms with Crippen LogP contribution in [0.1, 0.15) is 19.5 Å². The van der Waals surface area contributed by atoms with Crippen LogP contribution in [0, 0.1) is 13.7 Å². The SMILES string of the molecule is [2H]C([2H])([2H])c1ccc2c(n1)oc1c(-c3cc(-c4ccccc4C([2H])([2H])[2H])c(Cl)cn3)cccc12. The van der Waals surface area contributed by atoms with Gasteiger partial charge in [-0.3, -0.25) is 4.98 Å². The lowest BCUT2D eigenvalue weighted by Gasteiger charge is -2.10. The summed E-state index contributed by atoms with van der Waals surface area (Å²) >= 11 is 6.45. The van der Waals surface area contributed by atoms with E-state index in [4.69, 9.17) is 24.2 Å². The zero-order chi connectivity index (χ0) is 24.3. The normalized spacial score (nSPS) is 15.5. The van der Waals surface area contributed by atoms with Crippen LogP contribution >= 0.6 is 11.6 Å². The van der Waals surface area contributed by atoms with Crippen molar-refractivity contribution in [1.82, 2.24) is 9.97 Å². The van der Waals surface area contributed by atoms with Gasteiger partial charge in [-0.05, 0) is 49.1 Å². The monoisotopic (exact) mass is 390 g/mol. The van der Waals surface area contributed by atoms with Crippen LogP contribution in [0.15, 0.2) is 71.3 Å². The van der Waals surface area contributed by atoms with Crippen molar-refractivity contribution in [3.8, 4) is 22.4 Å². The molecule has 0 bridgehead atoms. The number of hydrogen-bond donors (Lipinski definition) is 0. The molecule has 0 N–H and O–H groups in total. The average Bonchev–Trinajstić information content (AvgIpc) is 3.16. The van der Waals surface area contributed by atoms with E-state index in [9.17, 15) is 0 Å². The fourth-order valence-electron chi connectivity index (χ4n) is 3.39. The average molecular weight is 391 g/mol. The number of benzene rings is 2. The predicted molar refractivity (Wildman–Crippen MR) is 115 cm³/mol. The van der Waals surface area contributed by atoms with Gasteiger partial charge in [0.05, 0.1) is 10.7 Å². The van der Waals surface area contributed by atoms with Crippen molar-refractivity contribution >= 4 is 33.7 Å². The van der Waals surface area contributed by atoms with Gasteiger partial charge in [-0.2, -0.15) is 0 Å². The van der Waals surface area contributed by atoms with Gasteiger partial charge in [-0.1, -0.05) is 48.0 Å². The van der Waals surface area contributed by atoms with Crippen molar-refractivity contribution in [2.24, 2.45) is 0 Å². The lowest BCUT2D eigenvalue weighted by Crippen LogP contribution is -1.89. The lowest BCUT2D eigenvalue weighted by molar-refractivity contribution is 0.653. The summed E-state index contributed by atoms with van der Waals surface area (Å²) in [4.78, 5) is 8.66. The molecular weight excluding hydrogens is 368 g/mol. The number of pyridine rings is 2. The first kappa shape index (κ1) is 11.6. The van der Waals surface area contributed by atoms with Crippen molar-refractivity contribution < 1.29 is 12.6 Å². The van der Waals surface area contributed by atoms with E-state index >= 15 is 0 Å². The third-order valence-corrected chi connectivity index (χ3v) is 5.01. The van der Waals surface area contributed by atoms with Gasteiger partial charge in [0.1, 0.15) is 5.58 Å². The molecule has 3 heterocycles. The highest BCUT2D eigenvalue weighted by molar-refractivity contribution is 6.33. The number of rotatable bonds is 2. The van der Waals surface area contributed by atoms with Gasteiger partial charge in [-0.15, -0.1) is 0 Å². The van der Waals surface area contributed by atoms with Crippen LogP contribution in [0.3, 0.4) is 0 Å². The second-order valence-corrected chi connectivity index (χ2v) is 6.84. The van der Waals surface area contributed by atoms with E-state index in [1.54, 1.807) is 36.4 Å². The smallest absolute Gasteiger partial charge is 0.227 e. The van der Waals surface area contributed by atoms with Crippen LogP contribution in [-0.4, -0.2) is 9.97 Å². The van der Waals surface area contributed by atoms with E-state index in [1.165, 1.54) is 12.3 Å². The van der Waals surface area contributed by atoms with Crippen LogP contribution < -0.4 is 0 Å². The van der Waals surface area contributed by atoms with E-state index in [0.29, 0.717) is 38.4 Å². The quantitative estimate of drug-likeness (QED) is 0.326. The first-order valence-electron chi connectivity index (χ1n) is 11.6. The largest absolute Gasteiger partial charge is 0.437 e. The van der Waals surface area contributed by atoms with Crippen LogP contribution in [0.25, 0.3) is 44.5 Å². The molecule has 3 nitrogen and oxygen atoms in total. The summed E-state index contributed by atoms with van der Waals surface area (Å²) in [5.74, 6) is 0. The molecule has 0 saturated carbocycles. The van der Waals surface area contributed by atoms with Gasteiger partial charge in [0.15, 0.2) is 0 Å². The zero-order valence-corrected chi connectivity index (χ0v) is 15.3. The Morgan fingerprint density at radius 2 is 1.79 bits per heavy atom. The molecule has 0 fully saturated rings. The lowest BCUT2D eigenvalue weighted by atomic mass is 9.99. The Morgan fingerprint density at radius 3 is 2.68 bits per heavy atom. The highest BCUT2D eigenvalue weighted by atomic mass is 35.5. The predicted octanol–water partition coefficient (Wildman–Crippen LogP) is 6.98. The Bertz CT molecular complexity index is 1560. The topological polar surface area (TPSA) is 38.9 Å². The van der Waals surface area contributed by atoms with Crippen molar-refractivity contribution in [2.75, 3.05) is 0 Å². The highest BCUT2D eigenvalue weighted by Gasteiger charge is 2.16. The second-order valence-electron chi connectivity index (χ2n) is 6.43. The molecule has 28 heavy (non-hydrogen) atoms. The number of halogens is 1. The van der Waals surface area contributed by atoms with Crippen LogP contribution in [0.2, 0.25) is 5.02 Å². The van der Waals surface area contributed by atoms with E-state index in [2.05, 4.69) is 9.97 Å². The molecule has 5 rings (SSSR count). The molecule has 0 aliphatic rings. The van der Waals surface area contributed by atoms with Crippen molar-refractivity contribution in [2.45, 2.75) is 13.7 Å². The number of aromatic nitrogens is 2. The Morgan fingerprint density at radius 1 is 0.893 bits per heavy atom. The Labute approximate surface area is 176 Å². The summed E-state index contributed by atoms with van der Waals surface area (Å²) in [5.41, 5.74) is 3.07. The molecule has 0 saturated heterocycles. The number of nitrogens with zero attached hydrogens (tertiary/aromatic N) is 2. The van der Waals surface area contributed by atoms with Gasteiger partial charge in [-0.25, -0.2) is 4.98 Å². The summed E-state index contributed by atoms with van der Waals surface area (Å²) < 4.78 is 52.5. The molecule has 0 aliphatic heterocycles. The molecule has 5 aromatic rings. The van der Waals surface area contributed by atoms with Gasteiger partial charge < -0.3 is 4.42 Å². The van der Waals surface area contributed by atoms with Crippen molar-refractivity contribution in [1.29, 1.82) is 0 Å². The number of aryl methyl sites for hydroxylation is 2. The minimum Gasteiger partial charge on any atom is -0.437 e. The molecule has 0 atom stereocenters. The second kappa shape index (κ2) is 6.47. The zero-order valence-electron chi connectivity index (χ0n) is 20.5. The summed E-state index contributed by atoms with van der Waals surface area (Å²) in [6, 6.07) is 17.1. The van der Waals surface area contributed by atoms with Crippen LogP contribution in [0.4, 0.5) is 0 Å². The fraction of sp³-hybridized carbons (Fsp3) is 0.0833. The van der Waals surface area contributed by atoms with E-state index in [1.807, 2.05) is 18.2 Å². The van der Waals surface area contributed by atoms with Gasteiger partial charge >= 0.3 is 0 Å². The minimum absolute atomic E-state index is 0.0474. The highest BCUT2D eigenvalue weighted by Crippen LogP contribution is 2.37. The Balaban J connectivity index is 1.71. The van der Waals surface area contributed by atoms with Gasteiger partial charge in [0.2, 0.25) is 5.71 Å². The molecular formula is C24H17ClN2O. The molecule has 3 aromatic heterocycles. The third kappa shape index (κ3) is 2.67. The van der Waals surface area contributed by atoms with E-state index in [-0.39, 0.29) is 17.0 Å². The number of fused-ring (bicyclic) bond motifs is 3. The first-order chi connectivity index (χ1) is 16.0. The molecule has 4 heteroatoms. The maximum atomic E-state index is 7.89. The molecule has 0 spiro atoms. The summed E-state index contributed by atoms with van der Waals surface area (Å²) in [6.45, 7) is -4.66. The summed E-state index contributed by atoms with van der Waals surface area (Å²) in [7, 11) is 0. The van der Waals surface area contributed by atoms with Crippen molar-refractivity contribution in [3.63, 3.8) is 0 Å². The third-order valence-electron chi connectivity index (χ3n) is 4.71. The maximum Gasteiger partial charge on any atom is 0.227 e. The minimum atomic E-state index is -2.35. The Hall–Kier alpha value is -3.17. The maximum absolute atomic E-state index is 7.89. The fourth-order valence-corrected chi connectivity index (χ4v) is 3.60. The molecule has 0 radical (unpaired) electrons. The molecule has 0 unspecified atom stereocenters. The van der Waals surface area contributed by atoms with E-state index < -0.39 is 13.7 Å². The number of para-hydroxylation sites is 1. The summed E-state index contributed by atoms with van der Waals surface area (Å²) in [5, 5.41) is 1.77.